The van der Waals surface area contributed by atoms with Gasteiger partial charge in [-0.3, -0.25) is 4.79 Å². The maximum absolute atomic E-state index is 11.8. The number of benzene rings is 1. The quantitative estimate of drug-likeness (QED) is 0.826. The van der Waals surface area contributed by atoms with Crippen LogP contribution in [0.15, 0.2) is 24.3 Å². The summed E-state index contributed by atoms with van der Waals surface area (Å²) in [6.07, 6.45) is 0.679. The van der Waals surface area contributed by atoms with Crippen molar-refractivity contribution in [1.82, 2.24) is 15.3 Å². The molecule has 102 valence electrons. The lowest BCUT2D eigenvalue weighted by Crippen LogP contribution is -2.39. The summed E-state index contributed by atoms with van der Waals surface area (Å²) in [5, 5.41) is 2.88. The van der Waals surface area contributed by atoms with E-state index in [0.29, 0.717) is 18.8 Å². The Kier molecular flexibility index (Phi) is 4.10. The van der Waals surface area contributed by atoms with E-state index < -0.39 is 5.41 Å². The molecule has 0 fully saturated rings. The van der Waals surface area contributed by atoms with Crippen molar-refractivity contribution >= 4 is 28.5 Å². The van der Waals surface area contributed by atoms with Crippen LogP contribution < -0.4 is 5.32 Å². The molecule has 0 radical (unpaired) electrons. The van der Waals surface area contributed by atoms with E-state index in [1.54, 1.807) is 0 Å². The van der Waals surface area contributed by atoms with Crippen molar-refractivity contribution in [3.05, 3.63) is 30.1 Å². The molecule has 1 aromatic carbocycles. The van der Waals surface area contributed by atoms with Crippen LogP contribution in [0, 0.1) is 5.41 Å². The van der Waals surface area contributed by atoms with Gasteiger partial charge in [-0.25, -0.2) is 4.98 Å². The SMILES string of the molecule is CC(C)(CCl)C(=O)NCCc1nc2ccccc2[nH]1. The van der Waals surface area contributed by atoms with Gasteiger partial charge in [0.05, 0.1) is 16.4 Å². The molecule has 0 bridgehead atoms. The molecule has 0 atom stereocenters. The number of nitrogens with zero attached hydrogens (tertiary/aromatic N) is 1. The molecule has 4 nitrogen and oxygen atoms in total. The summed E-state index contributed by atoms with van der Waals surface area (Å²) in [5.41, 5.74) is 1.44. The Morgan fingerprint density at radius 1 is 1.42 bits per heavy atom. The van der Waals surface area contributed by atoms with Gasteiger partial charge in [-0.2, -0.15) is 0 Å². The maximum atomic E-state index is 11.8. The highest BCUT2D eigenvalue weighted by molar-refractivity contribution is 6.19. The van der Waals surface area contributed by atoms with Gasteiger partial charge in [-0.15, -0.1) is 11.6 Å². The standard InChI is InChI=1S/C14H18ClN3O/c1-14(2,9-15)13(19)16-8-7-12-17-10-5-3-4-6-11(10)18-12/h3-6H,7-9H2,1-2H3,(H,16,19)(H,17,18). The predicted molar refractivity (Wildman–Crippen MR) is 77.3 cm³/mol. The van der Waals surface area contributed by atoms with Crippen LogP contribution in [0.4, 0.5) is 0 Å². The van der Waals surface area contributed by atoms with E-state index in [1.807, 2.05) is 38.1 Å². The molecule has 0 spiro atoms. The molecule has 0 saturated carbocycles. The maximum Gasteiger partial charge on any atom is 0.226 e. The molecule has 1 heterocycles. The van der Waals surface area contributed by atoms with Gasteiger partial charge in [0, 0.05) is 18.8 Å². The van der Waals surface area contributed by atoms with Crippen LogP contribution in [-0.2, 0) is 11.2 Å². The number of fused-ring (bicyclic) bond motifs is 1. The third-order valence-electron chi connectivity index (χ3n) is 3.03. The fourth-order valence-corrected chi connectivity index (χ4v) is 1.84. The molecule has 0 unspecified atom stereocenters. The number of aromatic nitrogens is 2. The minimum absolute atomic E-state index is 0.0291. The van der Waals surface area contributed by atoms with E-state index in [4.69, 9.17) is 11.6 Å². The molecule has 1 aromatic heterocycles. The van der Waals surface area contributed by atoms with Gasteiger partial charge in [-0.1, -0.05) is 12.1 Å². The number of nitrogens with one attached hydrogen (secondary N) is 2. The number of para-hydroxylation sites is 2. The van der Waals surface area contributed by atoms with E-state index in [0.717, 1.165) is 16.9 Å². The van der Waals surface area contributed by atoms with Crippen LogP contribution in [0.1, 0.15) is 19.7 Å². The average molecular weight is 280 g/mol. The summed E-state index contributed by atoms with van der Waals surface area (Å²) in [6, 6.07) is 7.87. The Morgan fingerprint density at radius 3 is 2.84 bits per heavy atom. The van der Waals surface area contributed by atoms with E-state index in [2.05, 4.69) is 15.3 Å². The molecule has 2 rings (SSSR count). The van der Waals surface area contributed by atoms with Crippen molar-refractivity contribution in [3.8, 4) is 0 Å². The summed E-state index contributed by atoms with van der Waals surface area (Å²) >= 11 is 5.76. The van der Waals surface area contributed by atoms with Crippen molar-refractivity contribution < 1.29 is 4.79 Å². The smallest absolute Gasteiger partial charge is 0.226 e. The fourth-order valence-electron chi connectivity index (χ4n) is 1.72. The number of imidazole rings is 1. The Hall–Kier alpha value is -1.55. The first kappa shape index (κ1) is 13.9. The number of carbonyl (C=O) groups excluding carboxylic acids is 1. The molecule has 0 saturated heterocycles. The monoisotopic (exact) mass is 279 g/mol. The number of H-pyrrole nitrogens is 1. The Morgan fingerprint density at radius 2 is 2.16 bits per heavy atom. The molecular weight excluding hydrogens is 262 g/mol. The van der Waals surface area contributed by atoms with Crippen LogP contribution >= 0.6 is 11.6 Å². The number of rotatable bonds is 5. The average Bonchev–Trinajstić information content (AvgIpc) is 2.81. The highest BCUT2D eigenvalue weighted by Crippen LogP contribution is 2.16. The van der Waals surface area contributed by atoms with Crippen LogP contribution in [0.5, 0.6) is 0 Å². The predicted octanol–water partition coefficient (Wildman–Crippen LogP) is 2.49. The lowest BCUT2D eigenvalue weighted by Gasteiger charge is -2.19. The summed E-state index contributed by atoms with van der Waals surface area (Å²) in [7, 11) is 0. The summed E-state index contributed by atoms with van der Waals surface area (Å²) in [4.78, 5) is 19.5. The number of halogens is 1. The molecule has 0 aliphatic carbocycles. The number of hydrogen-bond donors (Lipinski definition) is 2. The Bertz CT molecular complexity index is 544. The van der Waals surface area contributed by atoms with E-state index in [9.17, 15) is 4.79 Å². The van der Waals surface area contributed by atoms with Crippen LogP contribution in [0.3, 0.4) is 0 Å². The number of amides is 1. The Labute approximate surface area is 117 Å². The topological polar surface area (TPSA) is 57.8 Å². The first-order valence-corrected chi connectivity index (χ1v) is 6.84. The molecule has 0 aliphatic rings. The van der Waals surface area contributed by atoms with Crippen molar-refractivity contribution in [2.75, 3.05) is 12.4 Å². The zero-order valence-corrected chi connectivity index (χ0v) is 11.9. The summed E-state index contributed by atoms with van der Waals surface area (Å²) in [6.45, 7) is 4.21. The van der Waals surface area contributed by atoms with E-state index >= 15 is 0 Å². The second-order valence-electron chi connectivity index (χ2n) is 5.22. The first-order valence-electron chi connectivity index (χ1n) is 6.31. The molecule has 2 N–H and O–H groups in total. The van der Waals surface area contributed by atoms with E-state index in [-0.39, 0.29) is 5.91 Å². The lowest BCUT2D eigenvalue weighted by molar-refractivity contribution is -0.128. The lowest BCUT2D eigenvalue weighted by atomic mass is 9.95. The first-order chi connectivity index (χ1) is 9.03. The van der Waals surface area contributed by atoms with Crippen LogP contribution in [0.25, 0.3) is 11.0 Å². The van der Waals surface area contributed by atoms with Crippen molar-refractivity contribution in [2.24, 2.45) is 5.41 Å². The molecule has 19 heavy (non-hydrogen) atoms. The molecular formula is C14H18ClN3O. The third kappa shape index (κ3) is 3.26. The number of hydrogen-bond acceptors (Lipinski definition) is 2. The zero-order valence-electron chi connectivity index (χ0n) is 11.2. The second-order valence-corrected chi connectivity index (χ2v) is 5.49. The number of aromatic amines is 1. The molecule has 5 heteroatoms. The zero-order chi connectivity index (χ0) is 13.9. The van der Waals surface area contributed by atoms with Crippen molar-refractivity contribution in [3.63, 3.8) is 0 Å². The highest BCUT2D eigenvalue weighted by atomic mass is 35.5. The van der Waals surface area contributed by atoms with Crippen molar-refractivity contribution in [1.29, 1.82) is 0 Å². The minimum atomic E-state index is -0.532. The Balaban J connectivity index is 1.91. The van der Waals surface area contributed by atoms with Crippen LogP contribution in [0.2, 0.25) is 0 Å². The fraction of sp³-hybridized carbons (Fsp3) is 0.429. The second kappa shape index (κ2) is 5.61. The number of carbonyl (C=O) groups is 1. The van der Waals surface area contributed by atoms with Gasteiger partial charge in [0.2, 0.25) is 5.91 Å². The summed E-state index contributed by atoms with van der Waals surface area (Å²) in [5.74, 6) is 1.16. The van der Waals surface area contributed by atoms with Gasteiger partial charge in [-0.05, 0) is 26.0 Å². The number of alkyl halides is 1. The van der Waals surface area contributed by atoms with Crippen molar-refractivity contribution in [2.45, 2.75) is 20.3 Å². The van der Waals surface area contributed by atoms with Gasteiger partial charge >= 0.3 is 0 Å². The van der Waals surface area contributed by atoms with Crippen LogP contribution in [-0.4, -0.2) is 28.3 Å². The normalized spacial score (nSPS) is 11.7. The largest absolute Gasteiger partial charge is 0.355 e. The molecule has 1 amide bonds. The van der Waals surface area contributed by atoms with Gasteiger partial charge in [0.25, 0.3) is 0 Å². The molecule has 0 aliphatic heterocycles. The van der Waals surface area contributed by atoms with Gasteiger partial charge < -0.3 is 10.3 Å². The minimum Gasteiger partial charge on any atom is -0.355 e. The molecule has 2 aromatic rings. The highest BCUT2D eigenvalue weighted by Gasteiger charge is 2.25. The van der Waals surface area contributed by atoms with E-state index in [1.165, 1.54) is 0 Å². The van der Waals surface area contributed by atoms with Gasteiger partial charge in [0.1, 0.15) is 5.82 Å². The third-order valence-corrected chi connectivity index (χ3v) is 3.70. The summed E-state index contributed by atoms with van der Waals surface area (Å²) < 4.78 is 0. The van der Waals surface area contributed by atoms with Gasteiger partial charge in [0.15, 0.2) is 0 Å².